The maximum atomic E-state index is 12.6. The second-order valence-electron chi connectivity index (χ2n) is 6.06. The van der Waals surface area contributed by atoms with E-state index in [1.54, 1.807) is 24.3 Å². The fourth-order valence-corrected chi connectivity index (χ4v) is 2.60. The van der Waals surface area contributed by atoms with Crippen LogP contribution in [0.4, 0.5) is 13.2 Å². The number of benzene rings is 2. The molecule has 0 aliphatic carbocycles. The number of alkyl halides is 3. The van der Waals surface area contributed by atoms with Crippen LogP contribution in [0.2, 0.25) is 0 Å². The molecule has 0 radical (unpaired) electrons. The molecule has 0 spiro atoms. The number of ether oxygens (including phenoxy) is 3. The van der Waals surface area contributed by atoms with Gasteiger partial charge in [-0.3, -0.25) is 0 Å². The lowest BCUT2D eigenvalue weighted by atomic mass is 10.1. The standard InChI is InChI=1S/C19H13F3N2O5/c20-19(21,22)12-7-5-11(6-8-12)17-23-16(29-24-17)10-27-18(25)15-9-26-13-3-1-2-4-14(13)28-15/h1-8,15H,9-10H2. The van der Waals surface area contributed by atoms with Crippen LogP contribution in [0.15, 0.2) is 53.1 Å². The molecular formula is C19H13F3N2O5. The average molecular weight is 406 g/mol. The van der Waals surface area contributed by atoms with E-state index in [0.717, 1.165) is 12.1 Å². The Hall–Kier alpha value is -3.56. The van der Waals surface area contributed by atoms with Gasteiger partial charge < -0.3 is 18.7 Å². The molecule has 4 rings (SSSR count). The van der Waals surface area contributed by atoms with Gasteiger partial charge >= 0.3 is 12.1 Å². The number of hydrogen-bond donors (Lipinski definition) is 0. The van der Waals surface area contributed by atoms with Crippen LogP contribution in [0, 0.1) is 0 Å². The van der Waals surface area contributed by atoms with Crippen LogP contribution in [-0.4, -0.2) is 28.8 Å². The lowest BCUT2D eigenvalue weighted by molar-refractivity contribution is -0.156. The van der Waals surface area contributed by atoms with Crippen molar-refractivity contribution in [2.24, 2.45) is 0 Å². The molecule has 7 nitrogen and oxygen atoms in total. The lowest BCUT2D eigenvalue weighted by Crippen LogP contribution is -2.37. The first kappa shape index (κ1) is 18.8. The van der Waals surface area contributed by atoms with Gasteiger partial charge in [-0.05, 0) is 24.3 Å². The second kappa shape index (κ2) is 7.46. The summed E-state index contributed by atoms with van der Waals surface area (Å²) in [5, 5.41) is 3.68. The van der Waals surface area contributed by atoms with Crippen molar-refractivity contribution >= 4 is 5.97 Å². The molecule has 2 heterocycles. The molecule has 0 amide bonds. The van der Waals surface area contributed by atoms with Crippen molar-refractivity contribution in [1.82, 2.24) is 10.1 Å². The van der Waals surface area contributed by atoms with Crippen molar-refractivity contribution in [2.75, 3.05) is 6.61 Å². The fraction of sp³-hybridized carbons (Fsp3) is 0.211. The molecule has 0 saturated carbocycles. The minimum absolute atomic E-state index is 0.00349. The first-order chi connectivity index (χ1) is 13.9. The minimum atomic E-state index is -4.43. The predicted octanol–water partition coefficient (Wildman–Crippen LogP) is 3.64. The van der Waals surface area contributed by atoms with Crippen LogP contribution < -0.4 is 9.47 Å². The van der Waals surface area contributed by atoms with Gasteiger partial charge in [-0.15, -0.1) is 0 Å². The molecule has 1 aliphatic heterocycles. The second-order valence-corrected chi connectivity index (χ2v) is 6.06. The number of rotatable bonds is 4. The fourth-order valence-electron chi connectivity index (χ4n) is 2.60. The third-order valence-electron chi connectivity index (χ3n) is 4.05. The maximum absolute atomic E-state index is 12.6. The molecule has 10 heteroatoms. The van der Waals surface area contributed by atoms with Gasteiger partial charge in [0, 0.05) is 5.56 Å². The number of aromatic nitrogens is 2. The van der Waals surface area contributed by atoms with Gasteiger partial charge in [0.1, 0.15) is 6.61 Å². The largest absolute Gasteiger partial charge is 0.485 e. The first-order valence-electron chi connectivity index (χ1n) is 8.45. The molecule has 0 fully saturated rings. The van der Waals surface area contributed by atoms with Crippen molar-refractivity contribution in [3.8, 4) is 22.9 Å². The van der Waals surface area contributed by atoms with Crippen LogP contribution in [0.3, 0.4) is 0 Å². The number of para-hydroxylation sites is 2. The highest BCUT2D eigenvalue weighted by Crippen LogP contribution is 2.32. The highest BCUT2D eigenvalue weighted by Gasteiger charge is 2.31. The molecule has 3 aromatic rings. The number of carbonyl (C=O) groups excluding carboxylic acids is 1. The summed E-state index contributed by atoms with van der Waals surface area (Å²) in [7, 11) is 0. The summed E-state index contributed by atoms with van der Waals surface area (Å²) in [6.45, 7) is -0.315. The topological polar surface area (TPSA) is 83.7 Å². The van der Waals surface area contributed by atoms with E-state index in [-0.39, 0.29) is 24.9 Å². The Balaban J connectivity index is 1.36. The smallest absolute Gasteiger partial charge is 0.416 e. The van der Waals surface area contributed by atoms with Crippen molar-refractivity contribution < 1.29 is 36.7 Å². The Labute approximate surface area is 162 Å². The van der Waals surface area contributed by atoms with Crippen molar-refractivity contribution in [3.05, 3.63) is 60.0 Å². The number of hydrogen-bond acceptors (Lipinski definition) is 7. The van der Waals surface area contributed by atoms with E-state index in [4.69, 9.17) is 18.7 Å². The van der Waals surface area contributed by atoms with E-state index in [1.807, 2.05) is 0 Å². The molecule has 1 unspecified atom stereocenters. The Morgan fingerprint density at radius 3 is 2.55 bits per heavy atom. The van der Waals surface area contributed by atoms with Gasteiger partial charge in [0.2, 0.25) is 11.9 Å². The SMILES string of the molecule is O=C(OCc1nc(-c2ccc(C(F)(F)F)cc2)no1)C1COc2ccccc2O1. The molecule has 0 N–H and O–H groups in total. The number of esters is 1. The van der Waals surface area contributed by atoms with Gasteiger partial charge in [-0.2, -0.15) is 18.2 Å². The molecule has 29 heavy (non-hydrogen) atoms. The average Bonchev–Trinajstić information content (AvgIpc) is 3.20. The summed E-state index contributed by atoms with van der Waals surface area (Å²) >= 11 is 0. The third-order valence-corrected chi connectivity index (χ3v) is 4.05. The van der Waals surface area contributed by atoms with Crippen molar-refractivity contribution in [1.29, 1.82) is 0 Å². The van der Waals surface area contributed by atoms with E-state index < -0.39 is 23.8 Å². The number of nitrogens with zero attached hydrogens (tertiary/aromatic N) is 2. The predicted molar refractivity (Wildman–Crippen MR) is 90.9 cm³/mol. The monoisotopic (exact) mass is 406 g/mol. The molecule has 0 saturated heterocycles. The number of carbonyl (C=O) groups is 1. The van der Waals surface area contributed by atoms with E-state index in [1.165, 1.54) is 12.1 Å². The van der Waals surface area contributed by atoms with Gasteiger partial charge in [-0.25, -0.2) is 4.79 Å². The zero-order valence-electron chi connectivity index (χ0n) is 14.7. The van der Waals surface area contributed by atoms with E-state index in [9.17, 15) is 18.0 Å². The van der Waals surface area contributed by atoms with Crippen LogP contribution in [0.25, 0.3) is 11.4 Å². The normalized spacial score (nSPS) is 15.8. The number of halogens is 3. The van der Waals surface area contributed by atoms with E-state index in [0.29, 0.717) is 17.1 Å². The van der Waals surface area contributed by atoms with E-state index >= 15 is 0 Å². The summed E-state index contributed by atoms with van der Waals surface area (Å²) in [6.07, 6.45) is -5.37. The highest BCUT2D eigenvalue weighted by molar-refractivity contribution is 5.76. The highest BCUT2D eigenvalue weighted by atomic mass is 19.4. The molecule has 2 aromatic carbocycles. The minimum Gasteiger partial charge on any atom is -0.485 e. The molecule has 150 valence electrons. The summed E-state index contributed by atoms with van der Waals surface area (Å²) < 4.78 is 58.9. The summed E-state index contributed by atoms with van der Waals surface area (Å²) in [4.78, 5) is 16.2. The van der Waals surface area contributed by atoms with Crippen LogP contribution in [-0.2, 0) is 22.3 Å². The Morgan fingerprint density at radius 2 is 1.83 bits per heavy atom. The molecule has 1 aromatic heterocycles. The molecule has 1 atom stereocenters. The summed E-state index contributed by atoms with van der Waals surface area (Å²) in [5.74, 6) is 0.368. The number of fused-ring (bicyclic) bond motifs is 1. The van der Waals surface area contributed by atoms with Crippen molar-refractivity contribution in [2.45, 2.75) is 18.9 Å². The van der Waals surface area contributed by atoms with Gasteiger partial charge in [-0.1, -0.05) is 29.4 Å². The first-order valence-corrected chi connectivity index (χ1v) is 8.45. The Kier molecular flexibility index (Phi) is 4.83. The molecular weight excluding hydrogens is 393 g/mol. The zero-order chi connectivity index (χ0) is 20.4. The Bertz CT molecular complexity index is 1020. The quantitative estimate of drug-likeness (QED) is 0.612. The third kappa shape index (κ3) is 4.15. The lowest BCUT2D eigenvalue weighted by Gasteiger charge is -2.24. The summed E-state index contributed by atoms with van der Waals surface area (Å²) in [5.41, 5.74) is -0.449. The van der Waals surface area contributed by atoms with E-state index in [2.05, 4.69) is 10.1 Å². The van der Waals surface area contributed by atoms with Gasteiger partial charge in [0.25, 0.3) is 5.89 Å². The Morgan fingerprint density at radius 1 is 1.10 bits per heavy atom. The maximum Gasteiger partial charge on any atom is 0.416 e. The summed E-state index contributed by atoms with van der Waals surface area (Å²) in [6, 6.07) is 11.2. The van der Waals surface area contributed by atoms with Gasteiger partial charge in [0.05, 0.1) is 5.56 Å². The van der Waals surface area contributed by atoms with Crippen molar-refractivity contribution in [3.63, 3.8) is 0 Å². The zero-order valence-corrected chi connectivity index (χ0v) is 14.7. The van der Waals surface area contributed by atoms with Gasteiger partial charge in [0.15, 0.2) is 18.1 Å². The molecule has 1 aliphatic rings. The van der Waals surface area contributed by atoms with Crippen LogP contribution >= 0.6 is 0 Å². The van der Waals surface area contributed by atoms with Crippen LogP contribution in [0.5, 0.6) is 11.5 Å². The molecule has 0 bridgehead atoms. The van der Waals surface area contributed by atoms with Crippen LogP contribution in [0.1, 0.15) is 11.5 Å².